The van der Waals surface area contributed by atoms with Gasteiger partial charge in [-0.05, 0) is 84.5 Å². The van der Waals surface area contributed by atoms with E-state index in [1.54, 1.807) is 0 Å². The van der Waals surface area contributed by atoms with E-state index in [0.717, 1.165) is 55.2 Å². The fourth-order valence-corrected chi connectivity index (χ4v) is 7.54. The normalized spacial score (nSPS) is 34.2. The number of rotatable bonds is 2. The summed E-state index contributed by atoms with van der Waals surface area (Å²) < 4.78 is 0.798. The number of nitriles is 1. The third-order valence-corrected chi connectivity index (χ3v) is 9.32. The van der Waals surface area contributed by atoms with Crippen molar-refractivity contribution in [1.82, 2.24) is 0 Å². The minimum atomic E-state index is -0.751. The van der Waals surface area contributed by atoms with Gasteiger partial charge in [-0.2, -0.15) is 9.99 Å². The summed E-state index contributed by atoms with van der Waals surface area (Å²) in [7, 11) is 0. The van der Waals surface area contributed by atoms with E-state index in [1.165, 1.54) is 23.5 Å². The second-order valence-electron chi connectivity index (χ2n) is 10.1. The smallest absolute Gasteiger partial charge is 0.180 e. The average molecular weight is 437 g/mol. The maximum absolute atomic E-state index is 12.0. The summed E-state index contributed by atoms with van der Waals surface area (Å²) in [6.07, 6.45) is 10.7. The zero-order valence-electron chi connectivity index (χ0n) is 18.0. The van der Waals surface area contributed by atoms with Gasteiger partial charge in [-0.15, -0.1) is 0 Å². The number of fused-ring (bicyclic) bond motifs is 5. The van der Waals surface area contributed by atoms with E-state index in [4.69, 9.17) is 11.6 Å². The van der Waals surface area contributed by atoms with Crippen LogP contribution in [0, 0.1) is 33.8 Å². The Hall–Kier alpha value is -2.09. The van der Waals surface area contributed by atoms with Crippen LogP contribution in [0.3, 0.4) is 0 Å². The zero-order valence-corrected chi connectivity index (χ0v) is 18.7. The van der Waals surface area contributed by atoms with Crippen molar-refractivity contribution in [1.29, 1.82) is 5.26 Å². The Bertz CT molecular complexity index is 1050. The van der Waals surface area contributed by atoms with Crippen LogP contribution in [-0.4, -0.2) is 10.7 Å². The van der Waals surface area contributed by atoms with Crippen molar-refractivity contribution in [2.75, 3.05) is 0 Å². The number of halogens is 1. The molecule has 1 N–H and O–H groups in total. The zero-order chi connectivity index (χ0) is 21.8. The Kier molecular flexibility index (Phi) is 5.03. The molecule has 31 heavy (non-hydrogen) atoms. The van der Waals surface area contributed by atoms with E-state index >= 15 is 0 Å². The first-order chi connectivity index (χ1) is 14.9. The van der Waals surface area contributed by atoms with Crippen molar-refractivity contribution in [3.8, 4) is 6.07 Å². The van der Waals surface area contributed by atoms with Crippen LogP contribution >= 0.6 is 11.6 Å². The predicted molar refractivity (Wildman–Crippen MR) is 119 cm³/mol. The number of hydrogen-bond donors (Lipinski definition) is 1. The summed E-state index contributed by atoms with van der Waals surface area (Å²) in [6, 6.07) is 9.92. The number of aromatic nitrogens is 1. The third kappa shape index (κ3) is 3.17. The van der Waals surface area contributed by atoms with E-state index in [9.17, 15) is 15.6 Å². The molecule has 1 aromatic heterocycles. The second-order valence-corrected chi connectivity index (χ2v) is 10.5. The molecule has 4 nitrogen and oxygen atoms in total. The Morgan fingerprint density at radius 3 is 2.71 bits per heavy atom. The summed E-state index contributed by atoms with van der Waals surface area (Å²) in [5.74, 6) is 1.48. The molecule has 162 valence electrons. The van der Waals surface area contributed by atoms with Crippen molar-refractivity contribution >= 4 is 11.6 Å². The van der Waals surface area contributed by atoms with Gasteiger partial charge in [0.25, 0.3) is 0 Å². The summed E-state index contributed by atoms with van der Waals surface area (Å²) in [5, 5.41) is 33.4. The SMILES string of the molecule is C[C@]12CCC3c4ccc(C#N)c(Cl)c4CCC3C1CCC[C@@]2(O)Cc1cc[n+]([O-])cc1. The summed E-state index contributed by atoms with van der Waals surface area (Å²) in [5.41, 5.74) is 3.23. The van der Waals surface area contributed by atoms with Crippen LogP contribution in [-0.2, 0) is 12.8 Å². The number of nitrogens with zero attached hydrogens (tertiary/aromatic N) is 2. The third-order valence-electron chi connectivity index (χ3n) is 8.89. The molecule has 0 spiro atoms. The molecule has 5 heteroatoms. The van der Waals surface area contributed by atoms with Gasteiger partial charge in [-0.1, -0.05) is 31.0 Å². The molecule has 0 aliphatic heterocycles. The van der Waals surface area contributed by atoms with Crippen LogP contribution in [0.4, 0.5) is 0 Å². The molecule has 2 fully saturated rings. The number of hydrogen-bond acceptors (Lipinski definition) is 3. The van der Waals surface area contributed by atoms with Crippen molar-refractivity contribution in [2.45, 2.75) is 69.8 Å². The van der Waals surface area contributed by atoms with E-state index in [0.29, 0.717) is 34.8 Å². The molecule has 0 radical (unpaired) electrons. The van der Waals surface area contributed by atoms with E-state index in [-0.39, 0.29) is 5.41 Å². The summed E-state index contributed by atoms with van der Waals surface area (Å²) >= 11 is 6.58. The second kappa shape index (κ2) is 7.50. The highest BCUT2D eigenvalue weighted by atomic mass is 35.5. The molecule has 5 rings (SSSR count). The highest BCUT2D eigenvalue weighted by Gasteiger charge is 2.59. The molecule has 3 unspecified atom stereocenters. The van der Waals surface area contributed by atoms with Gasteiger partial charge in [-0.25, -0.2) is 0 Å². The Morgan fingerprint density at radius 2 is 1.97 bits per heavy atom. The van der Waals surface area contributed by atoms with E-state index < -0.39 is 5.60 Å². The fraction of sp³-hybridized carbons (Fsp3) is 0.538. The maximum atomic E-state index is 12.0. The molecular weight excluding hydrogens is 408 g/mol. The van der Waals surface area contributed by atoms with Crippen LogP contribution in [0.2, 0.25) is 5.02 Å². The van der Waals surface area contributed by atoms with Gasteiger partial charge in [0.05, 0.1) is 16.2 Å². The molecule has 2 aromatic rings. The van der Waals surface area contributed by atoms with Gasteiger partial charge in [0.1, 0.15) is 6.07 Å². The predicted octanol–water partition coefficient (Wildman–Crippen LogP) is 5.07. The first kappa shape index (κ1) is 20.8. The first-order valence-corrected chi connectivity index (χ1v) is 11.9. The lowest BCUT2D eigenvalue weighted by Gasteiger charge is -2.61. The Labute approximate surface area is 189 Å². The number of pyridine rings is 1. The number of aliphatic hydroxyl groups is 1. The average Bonchev–Trinajstić information content (AvgIpc) is 2.76. The molecule has 0 amide bonds. The largest absolute Gasteiger partial charge is 0.619 e. The van der Waals surface area contributed by atoms with Crippen molar-refractivity contribution in [2.24, 2.45) is 17.3 Å². The van der Waals surface area contributed by atoms with Crippen LogP contribution in [0.1, 0.15) is 73.6 Å². The molecule has 0 bridgehead atoms. The van der Waals surface area contributed by atoms with E-state index in [1.807, 2.05) is 18.2 Å². The van der Waals surface area contributed by atoms with Crippen LogP contribution in [0.15, 0.2) is 36.7 Å². The molecule has 2 saturated carbocycles. The van der Waals surface area contributed by atoms with Crippen LogP contribution in [0.5, 0.6) is 0 Å². The van der Waals surface area contributed by atoms with Crippen molar-refractivity contribution in [3.63, 3.8) is 0 Å². The van der Waals surface area contributed by atoms with Crippen LogP contribution in [0.25, 0.3) is 0 Å². The molecule has 1 aromatic carbocycles. The molecule has 5 atom stereocenters. The number of benzene rings is 1. The fourth-order valence-electron chi connectivity index (χ4n) is 7.23. The lowest BCUT2D eigenvalue weighted by atomic mass is 9.46. The highest BCUT2D eigenvalue weighted by molar-refractivity contribution is 6.32. The summed E-state index contributed by atoms with van der Waals surface area (Å²) in [4.78, 5) is 0. The standard InChI is InChI=1S/C26H29ClN2O2/c1-25-12-8-20-19-5-4-18(16-28)24(27)22(19)7-6-21(20)23(25)3-2-11-26(25,30)15-17-9-13-29(31)14-10-17/h4-5,9-10,13-14,20-21,23,30H,2-3,6-8,11-12,15H2,1H3/t20?,21?,23?,25-,26+/m0/s1. The monoisotopic (exact) mass is 436 g/mol. The van der Waals surface area contributed by atoms with Gasteiger partial charge in [0.15, 0.2) is 12.4 Å². The molecule has 1 heterocycles. The maximum Gasteiger partial charge on any atom is 0.180 e. The van der Waals surface area contributed by atoms with Gasteiger partial charge in [-0.3, -0.25) is 0 Å². The van der Waals surface area contributed by atoms with Crippen molar-refractivity contribution < 1.29 is 9.84 Å². The minimum absolute atomic E-state index is 0.135. The Balaban J connectivity index is 1.47. The first-order valence-electron chi connectivity index (χ1n) is 11.5. The topological polar surface area (TPSA) is 71.0 Å². The van der Waals surface area contributed by atoms with Gasteiger partial charge >= 0.3 is 0 Å². The lowest BCUT2D eigenvalue weighted by molar-refractivity contribution is -0.605. The molecule has 3 aliphatic rings. The van der Waals surface area contributed by atoms with Crippen LogP contribution < -0.4 is 4.73 Å². The molecular formula is C26H29ClN2O2. The van der Waals surface area contributed by atoms with Gasteiger partial charge in [0, 0.05) is 18.6 Å². The quantitative estimate of drug-likeness (QED) is 0.528. The lowest BCUT2D eigenvalue weighted by Crippen LogP contribution is -2.59. The molecule has 0 saturated heterocycles. The van der Waals surface area contributed by atoms with Gasteiger partial charge in [0.2, 0.25) is 0 Å². The van der Waals surface area contributed by atoms with Crippen molar-refractivity contribution in [3.05, 3.63) is 69.1 Å². The Morgan fingerprint density at radius 1 is 1.19 bits per heavy atom. The van der Waals surface area contributed by atoms with E-state index in [2.05, 4.69) is 19.1 Å². The minimum Gasteiger partial charge on any atom is -0.619 e. The summed E-state index contributed by atoms with van der Waals surface area (Å²) in [6.45, 7) is 2.31. The highest BCUT2D eigenvalue weighted by Crippen LogP contribution is 2.63. The molecule has 3 aliphatic carbocycles. The van der Waals surface area contributed by atoms with Gasteiger partial charge < -0.3 is 10.3 Å².